The van der Waals surface area contributed by atoms with Crippen molar-refractivity contribution in [1.82, 2.24) is 10.2 Å². The summed E-state index contributed by atoms with van der Waals surface area (Å²) in [5.41, 5.74) is 5.71. The molecule has 1 aliphatic carbocycles. The van der Waals surface area contributed by atoms with Crippen molar-refractivity contribution in [2.75, 3.05) is 19.6 Å². The van der Waals surface area contributed by atoms with Gasteiger partial charge >= 0.3 is 0 Å². The molecular formula is C14H26ClN3O2. The number of halogens is 1. The van der Waals surface area contributed by atoms with Gasteiger partial charge in [0, 0.05) is 19.0 Å². The molecule has 0 aromatic rings. The van der Waals surface area contributed by atoms with Crippen molar-refractivity contribution >= 4 is 24.2 Å². The van der Waals surface area contributed by atoms with Gasteiger partial charge in [-0.1, -0.05) is 12.8 Å². The molecule has 6 heteroatoms. The summed E-state index contributed by atoms with van der Waals surface area (Å²) in [6, 6.07) is 0.208. The zero-order chi connectivity index (χ0) is 13.7. The van der Waals surface area contributed by atoms with E-state index in [1.165, 1.54) is 0 Å². The Kier molecular flexibility index (Phi) is 7.30. The lowest BCUT2D eigenvalue weighted by Gasteiger charge is -2.23. The van der Waals surface area contributed by atoms with Gasteiger partial charge in [-0.05, 0) is 38.1 Å². The van der Waals surface area contributed by atoms with E-state index in [9.17, 15) is 9.59 Å². The summed E-state index contributed by atoms with van der Waals surface area (Å²) in [4.78, 5) is 25.6. The van der Waals surface area contributed by atoms with Crippen LogP contribution >= 0.6 is 12.4 Å². The summed E-state index contributed by atoms with van der Waals surface area (Å²) in [6.45, 7) is 1.57. The predicted molar refractivity (Wildman–Crippen MR) is 80.6 cm³/mol. The summed E-state index contributed by atoms with van der Waals surface area (Å²) < 4.78 is 0. The fourth-order valence-corrected chi connectivity index (χ4v) is 3.14. The van der Waals surface area contributed by atoms with Crippen molar-refractivity contribution < 1.29 is 9.59 Å². The van der Waals surface area contributed by atoms with E-state index in [1.807, 2.05) is 0 Å². The average Bonchev–Trinajstić information content (AvgIpc) is 2.74. The first-order valence-corrected chi connectivity index (χ1v) is 7.48. The van der Waals surface area contributed by atoms with Gasteiger partial charge in [-0.25, -0.2) is 0 Å². The molecule has 1 heterocycles. The summed E-state index contributed by atoms with van der Waals surface area (Å²) in [7, 11) is 0. The molecule has 3 N–H and O–H groups in total. The third-order valence-corrected chi connectivity index (χ3v) is 4.31. The fraction of sp³-hybridized carbons (Fsp3) is 0.857. The second-order valence-electron chi connectivity index (χ2n) is 5.73. The fourth-order valence-electron chi connectivity index (χ4n) is 3.14. The molecule has 2 atom stereocenters. The van der Waals surface area contributed by atoms with Crippen LogP contribution in [-0.4, -0.2) is 42.4 Å². The summed E-state index contributed by atoms with van der Waals surface area (Å²) in [5, 5.41) is 3.06. The Balaban J connectivity index is 0.00000200. The Morgan fingerprint density at radius 3 is 2.80 bits per heavy atom. The molecule has 1 saturated heterocycles. The van der Waals surface area contributed by atoms with E-state index in [0.717, 1.165) is 45.1 Å². The standard InChI is InChI=1S/C14H25N3O2.ClH/c15-9-11-5-4-6-12(11)16-13(18)10-17-8-3-1-2-7-14(17)19;/h11-12H,1-10,15H2,(H,16,18);1H. The van der Waals surface area contributed by atoms with Crippen molar-refractivity contribution in [3.05, 3.63) is 0 Å². The minimum Gasteiger partial charge on any atom is -0.352 e. The molecule has 1 aliphatic heterocycles. The van der Waals surface area contributed by atoms with Crippen LogP contribution in [0.25, 0.3) is 0 Å². The minimum atomic E-state index is -0.0272. The molecule has 0 spiro atoms. The lowest BCUT2D eigenvalue weighted by molar-refractivity contribution is -0.135. The number of rotatable bonds is 4. The average molecular weight is 304 g/mol. The molecule has 1 saturated carbocycles. The second-order valence-corrected chi connectivity index (χ2v) is 5.73. The number of amides is 2. The molecule has 0 bridgehead atoms. The van der Waals surface area contributed by atoms with Gasteiger partial charge in [0.15, 0.2) is 0 Å². The largest absolute Gasteiger partial charge is 0.352 e. The van der Waals surface area contributed by atoms with E-state index in [4.69, 9.17) is 5.73 Å². The molecule has 2 unspecified atom stereocenters. The second kappa shape index (κ2) is 8.47. The van der Waals surface area contributed by atoms with E-state index < -0.39 is 0 Å². The molecule has 116 valence electrons. The maximum Gasteiger partial charge on any atom is 0.239 e. The highest BCUT2D eigenvalue weighted by Gasteiger charge is 2.28. The van der Waals surface area contributed by atoms with Gasteiger partial charge in [-0.2, -0.15) is 0 Å². The maximum absolute atomic E-state index is 12.0. The van der Waals surface area contributed by atoms with Crippen LogP contribution in [0, 0.1) is 5.92 Å². The first-order chi connectivity index (χ1) is 9.20. The van der Waals surface area contributed by atoms with Crippen molar-refractivity contribution in [3.63, 3.8) is 0 Å². The highest BCUT2D eigenvalue weighted by Crippen LogP contribution is 2.24. The summed E-state index contributed by atoms with van der Waals surface area (Å²) in [6.07, 6.45) is 6.88. The van der Waals surface area contributed by atoms with Crippen LogP contribution in [-0.2, 0) is 9.59 Å². The van der Waals surface area contributed by atoms with E-state index in [-0.39, 0.29) is 36.8 Å². The smallest absolute Gasteiger partial charge is 0.239 e. The summed E-state index contributed by atoms with van der Waals surface area (Å²) >= 11 is 0. The van der Waals surface area contributed by atoms with Gasteiger partial charge in [0.1, 0.15) is 0 Å². The van der Waals surface area contributed by atoms with E-state index >= 15 is 0 Å². The highest BCUT2D eigenvalue weighted by molar-refractivity contribution is 5.85. The van der Waals surface area contributed by atoms with Crippen molar-refractivity contribution in [2.45, 2.75) is 51.0 Å². The molecule has 0 radical (unpaired) electrons. The monoisotopic (exact) mass is 303 g/mol. The minimum absolute atomic E-state index is 0. The number of nitrogens with two attached hydrogens (primary N) is 1. The number of hydrogen-bond donors (Lipinski definition) is 2. The first kappa shape index (κ1) is 17.2. The topological polar surface area (TPSA) is 75.4 Å². The van der Waals surface area contributed by atoms with Crippen LogP contribution in [0.4, 0.5) is 0 Å². The van der Waals surface area contributed by atoms with Gasteiger partial charge in [0.25, 0.3) is 0 Å². The molecule has 2 rings (SSSR count). The third-order valence-electron chi connectivity index (χ3n) is 4.31. The Bertz CT molecular complexity index is 338. The van der Waals surface area contributed by atoms with Crippen LogP contribution in [0.2, 0.25) is 0 Å². The molecule has 0 aromatic heterocycles. The van der Waals surface area contributed by atoms with Crippen molar-refractivity contribution in [3.8, 4) is 0 Å². The zero-order valence-electron chi connectivity index (χ0n) is 12.0. The number of hydrogen-bond acceptors (Lipinski definition) is 3. The third kappa shape index (κ3) is 4.63. The number of carbonyl (C=O) groups is 2. The normalized spacial score (nSPS) is 26.9. The number of nitrogens with one attached hydrogen (secondary N) is 1. The Morgan fingerprint density at radius 1 is 1.25 bits per heavy atom. The molecule has 0 aromatic carbocycles. The summed E-state index contributed by atoms with van der Waals surface area (Å²) in [5.74, 6) is 0.499. The lowest BCUT2D eigenvalue weighted by Crippen LogP contribution is -2.46. The van der Waals surface area contributed by atoms with Gasteiger partial charge in [-0.3, -0.25) is 9.59 Å². The first-order valence-electron chi connectivity index (χ1n) is 7.48. The van der Waals surface area contributed by atoms with Gasteiger partial charge in [0.05, 0.1) is 6.54 Å². The van der Waals surface area contributed by atoms with Crippen LogP contribution in [0.5, 0.6) is 0 Å². The van der Waals surface area contributed by atoms with E-state index in [1.54, 1.807) is 4.90 Å². The Morgan fingerprint density at radius 2 is 2.05 bits per heavy atom. The molecule has 2 aliphatic rings. The van der Waals surface area contributed by atoms with Gasteiger partial charge in [0.2, 0.25) is 11.8 Å². The van der Waals surface area contributed by atoms with Gasteiger partial charge in [-0.15, -0.1) is 12.4 Å². The van der Waals surface area contributed by atoms with Crippen LogP contribution in [0.15, 0.2) is 0 Å². The maximum atomic E-state index is 12.0. The number of likely N-dealkylation sites (tertiary alicyclic amines) is 1. The van der Waals surface area contributed by atoms with Crippen LogP contribution < -0.4 is 11.1 Å². The Labute approximate surface area is 127 Å². The molecule has 2 amide bonds. The van der Waals surface area contributed by atoms with Crippen LogP contribution in [0.1, 0.15) is 44.9 Å². The lowest BCUT2D eigenvalue weighted by atomic mass is 10.0. The van der Waals surface area contributed by atoms with Crippen molar-refractivity contribution in [1.29, 1.82) is 0 Å². The quantitative estimate of drug-likeness (QED) is 0.815. The highest BCUT2D eigenvalue weighted by atomic mass is 35.5. The van der Waals surface area contributed by atoms with Gasteiger partial charge < -0.3 is 16.0 Å². The molecule has 5 nitrogen and oxygen atoms in total. The van der Waals surface area contributed by atoms with Crippen LogP contribution in [0.3, 0.4) is 0 Å². The molecule has 2 fully saturated rings. The van der Waals surface area contributed by atoms with E-state index in [0.29, 0.717) is 18.9 Å². The zero-order valence-corrected chi connectivity index (χ0v) is 12.8. The predicted octanol–water partition coefficient (Wildman–Crippen LogP) is 1.05. The molecular weight excluding hydrogens is 278 g/mol. The van der Waals surface area contributed by atoms with E-state index in [2.05, 4.69) is 5.32 Å². The number of carbonyl (C=O) groups excluding carboxylic acids is 2. The van der Waals surface area contributed by atoms with Crippen molar-refractivity contribution in [2.24, 2.45) is 11.7 Å². The Hall–Kier alpha value is -0.810. The molecule has 20 heavy (non-hydrogen) atoms. The number of nitrogens with zero attached hydrogens (tertiary/aromatic N) is 1. The SMILES string of the molecule is Cl.NCC1CCCC1NC(=O)CN1CCCCCC1=O.